The normalized spacial score (nSPS) is 29.3. The highest BCUT2D eigenvalue weighted by atomic mass is 32.2. The van der Waals surface area contributed by atoms with Crippen LogP contribution in [0.5, 0.6) is 0 Å². The Labute approximate surface area is 156 Å². The highest BCUT2D eigenvalue weighted by Gasteiger charge is 2.49. The number of hydrogen-bond acceptors (Lipinski definition) is 6. The van der Waals surface area contributed by atoms with Crippen LogP contribution in [0.1, 0.15) is 22.5 Å². The molecule has 0 radical (unpaired) electrons. The maximum absolute atomic E-state index is 13.1. The molecule has 2 atom stereocenters. The van der Waals surface area contributed by atoms with Crippen LogP contribution in [0, 0.1) is 11.3 Å². The number of carbonyl (C=O) groups is 2. The van der Waals surface area contributed by atoms with E-state index < -0.39 is 21.8 Å². The minimum Gasteiger partial charge on any atom is -0.379 e. The van der Waals surface area contributed by atoms with Crippen LogP contribution in [0.15, 0.2) is 17.5 Å². The van der Waals surface area contributed by atoms with Crippen molar-refractivity contribution in [3.63, 3.8) is 0 Å². The summed E-state index contributed by atoms with van der Waals surface area (Å²) in [6.45, 7) is 2.23. The topological polar surface area (TPSA) is 92.8 Å². The Bertz CT molecular complexity index is 801. The molecule has 1 aromatic rings. The van der Waals surface area contributed by atoms with Gasteiger partial charge >= 0.3 is 0 Å². The molecule has 0 bridgehead atoms. The molecular weight excluding hydrogens is 376 g/mol. The van der Waals surface area contributed by atoms with E-state index >= 15 is 0 Å². The number of carbonyl (C=O) groups excluding carboxylic acids is 2. The third kappa shape index (κ3) is 3.65. The quantitative estimate of drug-likeness (QED) is 0.802. The molecule has 3 fully saturated rings. The second-order valence-electron chi connectivity index (χ2n) is 7.55. The highest BCUT2D eigenvalue weighted by Crippen LogP contribution is 2.47. The Kier molecular flexibility index (Phi) is 4.56. The average Bonchev–Trinajstić information content (AvgIpc) is 3.06. The second-order valence-corrected chi connectivity index (χ2v) is 10.7. The number of nitrogens with zero attached hydrogens (tertiary/aromatic N) is 1. The van der Waals surface area contributed by atoms with Gasteiger partial charge in [-0.05, 0) is 24.3 Å². The van der Waals surface area contributed by atoms with Crippen molar-refractivity contribution in [3.05, 3.63) is 22.4 Å². The van der Waals surface area contributed by atoms with Gasteiger partial charge in [-0.1, -0.05) is 6.07 Å². The third-order valence-corrected chi connectivity index (χ3v) is 8.04. The van der Waals surface area contributed by atoms with E-state index in [9.17, 15) is 18.0 Å². The molecule has 3 heterocycles. The summed E-state index contributed by atoms with van der Waals surface area (Å²) in [5, 5.41) is 4.56. The molecule has 142 valence electrons. The van der Waals surface area contributed by atoms with E-state index in [0.717, 1.165) is 12.8 Å². The zero-order valence-corrected chi connectivity index (χ0v) is 16.0. The van der Waals surface area contributed by atoms with Gasteiger partial charge in [0.15, 0.2) is 9.84 Å². The van der Waals surface area contributed by atoms with E-state index in [-0.39, 0.29) is 28.7 Å². The SMILES string of the molecule is O=C(N[C@@H]1CS(=O)(=O)C[C@H]1C(=O)N1CCOCC2(CC2)C1)c1cccs1. The van der Waals surface area contributed by atoms with Gasteiger partial charge in [0.05, 0.1) is 41.6 Å². The Morgan fingerprint density at radius 2 is 2.12 bits per heavy atom. The summed E-state index contributed by atoms with van der Waals surface area (Å²) in [5.41, 5.74) is 0.0549. The summed E-state index contributed by atoms with van der Waals surface area (Å²) < 4.78 is 30.0. The lowest BCUT2D eigenvalue weighted by molar-refractivity contribution is -0.135. The van der Waals surface area contributed by atoms with E-state index in [4.69, 9.17) is 4.74 Å². The molecule has 0 unspecified atom stereocenters. The Morgan fingerprint density at radius 3 is 2.81 bits per heavy atom. The van der Waals surface area contributed by atoms with Gasteiger partial charge in [0, 0.05) is 18.5 Å². The molecule has 2 saturated heterocycles. The molecule has 3 aliphatic rings. The van der Waals surface area contributed by atoms with Gasteiger partial charge in [-0.2, -0.15) is 0 Å². The van der Waals surface area contributed by atoms with Crippen molar-refractivity contribution in [1.29, 1.82) is 0 Å². The van der Waals surface area contributed by atoms with Crippen molar-refractivity contribution in [1.82, 2.24) is 10.2 Å². The van der Waals surface area contributed by atoms with E-state index in [1.807, 2.05) is 0 Å². The molecule has 1 aliphatic carbocycles. The Hall–Kier alpha value is -1.45. The van der Waals surface area contributed by atoms with Crippen LogP contribution in [0.3, 0.4) is 0 Å². The lowest BCUT2D eigenvalue weighted by Gasteiger charge is -2.28. The van der Waals surface area contributed by atoms with E-state index in [1.54, 1.807) is 22.4 Å². The maximum atomic E-state index is 13.1. The van der Waals surface area contributed by atoms with Gasteiger partial charge in [0.2, 0.25) is 5.91 Å². The average molecular weight is 399 g/mol. The minimum atomic E-state index is -3.36. The summed E-state index contributed by atoms with van der Waals surface area (Å²) in [4.78, 5) is 27.7. The predicted molar refractivity (Wildman–Crippen MR) is 96.8 cm³/mol. The number of hydrogen-bond donors (Lipinski definition) is 1. The van der Waals surface area contributed by atoms with Crippen LogP contribution >= 0.6 is 11.3 Å². The zero-order valence-electron chi connectivity index (χ0n) is 14.3. The smallest absolute Gasteiger partial charge is 0.261 e. The van der Waals surface area contributed by atoms with Gasteiger partial charge in [-0.3, -0.25) is 9.59 Å². The minimum absolute atomic E-state index is 0.0549. The first-order valence-electron chi connectivity index (χ1n) is 8.79. The van der Waals surface area contributed by atoms with Crippen LogP contribution in [0.2, 0.25) is 0 Å². The van der Waals surface area contributed by atoms with E-state index in [0.29, 0.717) is 31.2 Å². The van der Waals surface area contributed by atoms with Gasteiger partial charge in [0.25, 0.3) is 5.91 Å². The molecule has 1 N–H and O–H groups in total. The number of thiophene rings is 1. The number of rotatable bonds is 3. The zero-order chi connectivity index (χ0) is 18.4. The Morgan fingerprint density at radius 1 is 1.31 bits per heavy atom. The molecule has 26 heavy (non-hydrogen) atoms. The molecule has 2 aliphatic heterocycles. The van der Waals surface area contributed by atoms with E-state index in [2.05, 4.69) is 5.32 Å². The summed E-state index contributed by atoms with van der Waals surface area (Å²) in [5.74, 6) is -1.61. The monoisotopic (exact) mass is 398 g/mol. The number of nitrogens with one attached hydrogen (secondary N) is 1. The fourth-order valence-corrected chi connectivity index (χ4v) is 6.32. The van der Waals surface area contributed by atoms with Crippen molar-refractivity contribution in [2.24, 2.45) is 11.3 Å². The van der Waals surface area contributed by atoms with Crippen molar-refractivity contribution in [3.8, 4) is 0 Å². The number of amides is 2. The van der Waals surface area contributed by atoms with Gasteiger partial charge < -0.3 is 15.0 Å². The largest absolute Gasteiger partial charge is 0.379 e. The fraction of sp³-hybridized carbons (Fsp3) is 0.647. The fourth-order valence-electron chi connectivity index (χ4n) is 3.78. The van der Waals surface area contributed by atoms with Crippen molar-refractivity contribution >= 4 is 33.0 Å². The van der Waals surface area contributed by atoms with Crippen LogP contribution in [0.4, 0.5) is 0 Å². The second kappa shape index (κ2) is 6.61. The van der Waals surface area contributed by atoms with Gasteiger partial charge in [0.1, 0.15) is 0 Å². The lowest BCUT2D eigenvalue weighted by atomic mass is 10.00. The first-order valence-corrected chi connectivity index (χ1v) is 11.5. The maximum Gasteiger partial charge on any atom is 0.261 e. The summed E-state index contributed by atoms with van der Waals surface area (Å²) in [6, 6.07) is 2.77. The molecular formula is C17H22N2O5S2. The van der Waals surface area contributed by atoms with Crippen molar-refractivity contribution in [2.45, 2.75) is 18.9 Å². The standard InChI is InChI=1S/C17H22N2O5S2/c20-15(14-2-1-7-25-14)18-13-9-26(22,23)8-12(13)16(21)19-5-6-24-11-17(10-19)3-4-17/h1-2,7,12-13H,3-6,8-11H2,(H,18,20)/t12-,13-/m1/s1. The highest BCUT2D eigenvalue weighted by molar-refractivity contribution is 7.91. The molecule has 4 rings (SSSR count). The van der Waals surface area contributed by atoms with Crippen LogP contribution in [-0.2, 0) is 19.4 Å². The molecule has 1 saturated carbocycles. The predicted octanol–water partition coefficient (Wildman–Crippen LogP) is 0.530. The molecule has 9 heteroatoms. The lowest BCUT2D eigenvalue weighted by Crippen LogP contribution is -2.48. The van der Waals surface area contributed by atoms with Gasteiger partial charge in [-0.15, -0.1) is 11.3 Å². The van der Waals surface area contributed by atoms with Crippen LogP contribution in [-0.4, -0.2) is 69.0 Å². The van der Waals surface area contributed by atoms with Gasteiger partial charge in [-0.25, -0.2) is 8.42 Å². The molecule has 7 nitrogen and oxygen atoms in total. The Balaban J connectivity index is 1.50. The van der Waals surface area contributed by atoms with Crippen molar-refractivity contribution < 1.29 is 22.7 Å². The number of sulfone groups is 1. The van der Waals surface area contributed by atoms with E-state index in [1.165, 1.54) is 11.3 Å². The van der Waals surface area contributed by atoms with Crippen molar-refractivity contribution in [2.75, 3.05) is 37.8 Å². The molecule has 0 aromatic carbocycles. The summed E-state index contributed by atoms with van der Waals surface area (Å²) in [7, 11) is -3.36. The summed E-state index contributed by atoms with van der Waals surface area (Å²) >= 11 is 1.29. The first-order chi connectivity index (χ1) is 12.4. The molecule has 1 aromatic heterocycles. The van der Waals surface area contributed by atoms with Crippen LogP contribution < -0.4 is 5.32 Å². The molecule has 1 spiro atoms. The first kappa shape index (κ1) is 17.9. The summed E-state index contributed by atoms with van der Waals surface area (Å²) in [6.07, 6.45) is 2.08. The molecule has 2 amide bonds. The number of ether oxygens (including phenoxy) is 1. The van der Waals surface area contributed by atoms with Crippen LogP contribution in [0.25, 0.3) is 0 Å². The third-order valence-electron chi connectivity index (χ3n) is 5.44.